The first-order chi connectivity index (χ1) is 6.36. The van der Waals surface area contributed by atoms with Crippen LogP contribution in [0.1, 0.15) is 32.1 Å². The summed E-state index contributed by atoms with van der Waals surface area (Å²) in [6.45, 7) is 2.51. The van der Waals surface area contributed by atoms with Crippen molar-refractivity contribution in [2.45, 2.75) is 32.1 Å². The Morgan fingerprint density at radius 1 is 1.15 bits per heavy atom. The maximum atomic E-state index is 3.59. The lowest BCUT2D eigenvalue weighted by Crippen LogP contribution is -2.28. The SMILES string of the molecule is BrC1=CC(N2CCCCC2)=CCC1. The minimum Gasteiger partial charge on any atom is -0.372 e. The van der Waals surface area contributed by atoms with E-state index >= 15 is 0 Å². The molecule has 1 aliphatic carbocycles. The molecule has 0 N–H and O–H groups in total. The summed E-state index contributed by atoms with van der Waals surface area (Å²) in [5, 5.41) is 0. The van der Waals surface area contributed by atoms with E-state index in [0.29, 0.717) is 0 Å². The molecule has 0 radical (unpaired) electrons. The molecule has 0 amide bonds. The van der Waals surface area contributed by atoms with Crippen LogP contribution in [0.5, 0.6) is 0 Å². The van der Waals surface area contributed by atoms with E-state index in [4.69, 9.17) is 0 Å². The average Bonchev–Trinajstić information content (AvgIpc) is 2.19. The molecular formula is C11H16BrN. The first-order valence-corrected chi connectivity index (χ1v) is 5.97. The van der Waals surface area contributed by atoms with Gasteiger partial charge in [-0.25, -0.2) is 0 Å². The summed E-state index contributed by atoms with van der Waals surface area (Å²) in [6.07, 6.45) is 11.2. The molecule has 0 aromatic rings. The minimum atomic E-state index is 1.18. The van der Waals surface area contributed by atoms with E-state index < -0.39 is 0 Å². The highest BCUT2D eigenvalue weighted by Crippen LogP contribution is 2.25. The number of rotatable bonds is 1. The number of halogens is 1. The van der Waals surface area contributed by atoms with Gasteiger partial charge in [0.1, 0.15) is 0 Å². The van der Waals surface area contributed by atoms with Crippen molar-refractivity contribution in [3.05, 3.63) is 22.3 Å². The van der Waals surface area contributed by atoms with Crippen LogP contribution in [0.4, 0.5) is 0 Å². The third-order valence-corrected chi connectivity index (χ3v) is 3.39. The third kappa shape index (κ3) is 2.37. The normalized spacial score (nSPS) is 23.9. The van der Waals surface area contributed by atoms with Crippen LogP contribution in [0, 0.1) is 0 Å². The zero-order valence-electron chi connectivity index (χ0n) is 7.93. The van der Waals surface area contributed by atoms with Gasteiger partial charge in [-0.3, -0.25) is 0 Å². The van der Waals surface area contributed by atoms with Crippen LogP contribution in [0.3, 0.4) is 0 Å². The number of likely N-dealkylation sites (tertiary alicyclic amines) is 1. The van der Waals surface area contributed by atoms with E-state index in [1.54, 1.807) is 0 Å². The van der Waals surface area contributed by atoms with Crippen molar-refractivity contribution in [3.63, 3.8) is 0 Å². The standard InChI is InChI=1S/C11H16BrN/c12-10-5-4-6-11(9-10)13-7-2-1-3-8-13/h6,9H,1-5,7-8H2. The fourth-order valence-electron chi connectivity index (χ4n) is 2.02. The summed E-state index contributed by atoms with van der Waals surface area (Å²) in [7, 11) is 0. The maximum Gasteiger partial charge on any atom is 0.0333 e. The highest BCUT2D eigenvalue weighted by atomic mass is 79.9. The summed E-state index contributed by atoms with van der Waals surface area (Å²) < 4.78 is 1.36. The Morgan fingerprint density at radius 2 is 1.92 bits per heavy atom. The lowest BCUT2D eigenvalue weighted by molar-refractivity contribution is 0.291. The first kappa shape index (κ1) is 9.32. The van der Waals surface area contributed by atoms with Gasteiger partial charge in [0.05, 0.1) is 0 Å². The smallest absolute Gasteiger partial charge is 0.0333 e. The van der Waals surface area contributed by atoms with Gasteiger partial charge in [0.2, 0.25) is 0 Å². The van der Waals surface area contributed by atoms with Crippen LogP contribution in [-0.4, -0.2) is 18.0 Å². The van der Waals surface area contributed by atoms with Gasteiger partial charge in [-0.1, -0.05) is 22.0 Å². The van der Waals surface area contributed by atoms with Crippen molar-refractivity contribution in [2.75, 3.05) is 13.1 Å². The molecule has 1 saturated heterocycles. The second kappa shape index (κ2) is 4.32. The van der Waals surface area contributed by atoms with Gasteiger partial charge in [-0.15, -0.1) is 0 Å². The van der Waals surface area contributed by atoms with Crippen molar-refractivity contribution in [1.82, 2.24) is 4.90 Å². The molecule has 0 aromatic heterocycles. The number of hydrogen-bond acceptors (Lipinski definition) is 1. The highest BCUT2D eigenvalue weighted by molar-refractivity contribution is 9.11. The zero-order valence-corrected chi connectivity index (χ0v) is 9.52. The van der Waals surface area contributed by atoms with Gasteiger partial charge in [0, 0.05) is 18.8 Å². The fourth-order valence-corrected chi connectivity index (χ4v) is 2.49. The molecule has 72 valence electrons. The highest BCUT2D eigenvalue weighted by Gasteiger charge is 2.13. The molecule has 1 heterocycles. The van der Waals surface area contributed by atoms with E-state index in [0.717, 1.165) is 0 Å². The zero-order chi connectivity index (χ0) is 9.10. The molecule has 0 unspecified atom stereocenters. The predicted molar refractivity (Wildman–Crippen MR) is 59.8 cm³/mol. The molecule has 1 aliphatic heterocycles. The second-order valence-corrected chi connectivity index (χ2v) is 4.83. The van der Waals surface area contributed by atoms with Gasteiger partial charge in [-0.2, -0.15) is 0 Å². The molecule has 2 heteroatoms. The number of allylic oxidation sites excluding steroid dienone is 3. The monoisotopic (exact) mass is 241 g/mol. The molecule has 0 bridgehead atoms. The Labute approximate surface area is 88.6 Å². The van der Waals surface area contributed by atoms with Crippen molar-refractivity contribution in [3.8, 4) is 0 Å². The van der Waals surface area contributed by atoms with Crippen molar-refractivity contribution < 1.29 is 0 Å². The topological polar surface area (TPSA) is 3.24 Å². The van der Waals surface area contributed by atoms with Gasteiger partial charge in [0.25, 0.3) is 0 Å². The van der Waals surface area contributed by atoms with Crippen LogP contribution < -0.4 is 0 Å². The van der Waals surface area contributed by atoms with Crippen molar-refractivity contribution in [1.29, 1.82) is 0 Å². The third-order valence-electron chi connectivity index (χ3n) is 2.76. The van der Waals surface area contributed by atoms with Crippen LogP contribution in [0.2, 0.25) is 0 Å². The van der Waals surface area contributed by atoms with E-state index in [1.165, 1.54) is 55.4 Å². The molecule has 0 saturated carbocycles. The maximum absolute atomic E-state index is 3.59. The van der Waals surface area contributed by atoms with Crippen LogP contribution in [0.15, 0.2) is 22.3 Å². The molecule has 2 rings (SSSR count). The van der Waals surface area contributed by atoms with E-state index in [2.05, 4.69) is 33.0 Å². The molecule has 13 heavy (non-hydrogen) atoms. The van der Waals surface area contributed by atoms with E-state index in [-0.39, 0.29) is 0 Å². The number of nitrogens with zero attached hydrogens (tertiary/aromatic N) is 1. The summed E-state index contributed by atoms with van der Waals surface area (Å²) in [6, 6.07) is 0. The van der Waals surface area contributed by atoms with Crippen molar-refractivity contribution in [2.24, 2.45) is 0 Å². The largest absolute Gasteiger partial charge is 0.372 e. The quantitative estimate of drug-likeness (QED) is 0.680. The Hall–Kier alpha value is -0.240. The number of hydrogen-bond donors (Lipinski definition) is 0. The van der Waals surface area contributed by atoms with Gasteiger partial charge < -0.3 is 4.90 Å². The molecule has 2 aliphatic rings. The van der Waals surface area contributed by atoms with Gasteiger partial charge in [0.15, 0.2) is 0 Å². The molecular weight excluding hydrogens is 226 g/mol. The van der Waals surface area contributed by atoms with Crippen LogP contribution >= 0.6 is 15.9 Å². The van der Waals surface area contributed by atoms with E-state index in [9.17, 15) is 0 Å². The second-order valence-electron chi connectivity index (χ2n) is 3.81. The molecule has 0 aromatic carbocycles. The Balaban J connectivity index is 2.02. The van der Waals surface area contributed by atoms with Crippen molar-refractivity contribution >= 4 is 15.9 Å². The van der Waals surface area contributed by atoms with Crippen LogP contribution in [0.25, 0.3) is 0 Å². The molecule has 1 nitrogen and oxygen atoms in total. The molecule has 1 fully saturated rings. The van der Waals surface area contributed by atoms with Gasteiger partial charge in [-0.05, 0) is 42.7 Å². The summed E-state index contributed by atoms with van der Waals surface area (Å²) in [4.78, 5) is 2.52. The summed E-state index contributed by atoms with van der Waals surface area (Å²) in [5.74, 6) is 0. The van der Waals surface area contributed by atoms with Crippen LogP contribution in [-0.2, 0) is 0 Å². The Bertz CT molecular complexity index is 236. The first-order valence-electron chi connectivity index (χ1n) is 5.17. The lowest BCUT2D eigenvalue weighted by atomic mass is 10.1. The Morgan fingerprint density at radius 3 is 2.62 bits per heavy atom. The minimum absolute atomic E-state index is 1.18. The van der Waals surface area contributed by atoms with E-state index in [1.807, 2.05) is 0 Å². The predicted octanol–water partition coefficient (Wildman–Crippen LogP) is 3.43. The lowest BCUT2D eigenvalue weighted by Gasteiger charge is -2.31. The summed E-state index contributed by atoms with van der Waals surface area (Å²) >= 11 is 3.59. The molecule has 0 atom stereocenters. The Kier molecular flexibility index (Phi) is 3.09. The molecule has 0 spiro atoms. The summed E-state index contributed by atoms with van der Waals surface area (Å²) in [5.41, 5.74) is 1.44. The average molecular weight is 242 g/mol. The number of piperidine rings is 1. The van der Waals surface area contributed by atoms with Gasteiger partial charge >= 0.3 is 0 Å². The fraction of sp³-hybridized carbons (Fsp3) is 0.636.